The number of hydrogen-bond donors (Lipinski definition) is 0. The van der Waals surface area contributed by atoms with E-state index >= 15 is 0 Å². The first kappa shape index (κ1) is 27.1. The van der Waals surface area contributed by atoms with Crippen molar-refractivity contribution in [2.24, 2.45) is 0 Å². The summed E-state index contributed by atoms with van der Waals surface area (Å²) in [4.78, 5) is 5.06. The first-order valence-electron chi connectivity index (χ1n) is 16.1. The van der Waals surface area contributed by atoms with Crippen LogP contribution >= 0.6 is 0 Å². The van der Waals surface area contributed by atoms with Crippen molar-refractivity contribution in [3.8, 4) is 50.5 Å². The molecule has 0 saturated carbocycles. The van der Waals surface area contributed by atoms with Crippen LogP contribution in [0.2, 0.25) is 0 Å². The third-order valence-corrected chi connectivity index (χ3v) is 9.20. The molecule has 220 valence electrons. The minimum Gasteiger partial charge on any atom is -0.292 e. The number of rotatable bonds is 5. The van der Waals surface area contributed by atoms with E-state index in [0.717, 1.165) is 28.1 Å². The van der Waals surface area contributed by atoms with E-state index in [9.17, 15) is 0 Å². The molecular formula is C45H30N2. The molecule has 0 saturated heterocycles. The Morgan fingerprint density at radius 2 is 0.830 bits per heavy atom. The van der Waals surface area contributed by atoms with Crippen LogP contribution in [0.15, 0.2) is 182 Å². The van der Waals surface area contributed by atoms with Crippen molar-refractivity contribution in [2.45, 2.75) is 0 Å². The number of imidazole rings is 1. The van der Waals surface area contributed by atoms with Gasteiger partial charge in [0.25, 0.3) is 0 Å². The minimum absolute atomic E-state index is 0.941. The summed E-state index contributed by atoms with van der Waals surface area (Å²) in [6.45, 7) is 0. The average Bonchev–Trinajstić information content (AvgIpc) is 3.54. The Hall–Kier alpha value is -6.25. The molecule has 0 amide bonds. The summed E-state index contributed by atoms with van der Waals surface area (Å²) < 4.78 is 2.27. The fourth-order valence-electron chi connectivity index (χ4n) is 7.06. The second kappa shape index (κ2) is 11.3. The number of hydrogen-bond acceptors (Lipinski definition) is 1. The molecule has 8 aromatic carbocycles. The SMILES string of the molecule is c1ccc(-c2ccc3c(-c4ccc(-n5c(-c6ccccc6)nc6ccccc65)cc4)c4ccccc4c(-c4ccccc4)c3c2)cc1. The second-order valence-electron chi connectivity index (χ2n) is 12.0. The lowest BCUT2D eigenvalue weighted by Crippen LogP contribution is -1.98. The first-order valence-corrected chi connectivity index (χ1v) is 16.1. The fraction of sp³-hybridized carbons (Fsp3) is 0. The van der Waals surface area contributed by atoms with Crippen LogP contribution in [-0.4, -0.2) is 9.55 Å². The van der Waals surface area contributed by atoms with Crippen LogP contribution in [0, 0.1) is 0 Å². The number of nitrogens with zero attached hydrogens (tertiary/aromatic N) is 2. The Bertz CT molecular complexity index is 2530. The fourth-order valence-corrected chi connectivity index (χ4v) is 7.06. The zero-order chi connectivity index (χ0) is 31.2. The van der Waals surface area contributed by atoms with Gasteiger partial charge in [-0.2, -0.15) is 0 Å². The van der Waals surface area contributed by atoms with Crippen molar-refractivity contribution in [1.82, 2.24) is 9.55 Å². The van der Waals surface area contributed by atoms with Gasteiger partial charge < -0.3 is 0 Å². The Morgan fingerprint density at radius 3 is 1.51 bits per heavy atom. The summed E-state index contributed by atoms with van der Waals surface area (Å²) in [5, 5.41) is 5.00. The molecule has 0 radical (unpaired) electrons. The highest BCUT2D eigenvalue weighted by molar-refractivity contribution is 6.22. The summed E-state index contributed by atoms with van der Waals surface area (Å²) in [5.41, 5.74) is 11.6. The third-order valence-electron chi connectivity index (χ3n) is 9.20. The molecule has 1 heterocycles. The zero-order valence-electron chi connectivity index (χ0n) is 25.7. The smallest absolute Gasteiger partial charge is 0.145 e. The maximum atomic E-state index is 5.06. The van der Waals surface area contributed by atoms with E-state index in [1.54, 1.807) is 0 Å². The molecule has 0 aliphatic rings. The molecular weight excluding hydrogens is 569 g/mol. The number of para-hydroxylation sites is 2. The first-order chi connectivity index (χ1) is 23.3. The molecule has 47 heavy (non-hydrogen) atoms. The minimum atomic E-state index is 0.941. The lowest BCUT2D eigenvalue weighted by atomic mass is 9.85. The van der Waals surface area contributed by atoms with Gasteiger partial charge in [-0.3, -0.25) is 4.57 Å². The Labute approximate surface area is 273 Å². The van der Waals surface area contributed by atoms with Gasteiger partial charge in [0.1, 0.15) is 5.82 Å². The Morgan fingerprint density at radius 1 is 0.340 bits per heavy atom. The standard InChI is InChI=1S/C45H30N2/c1-4-14-31(15-5-1)35-26-29-39-40(30-35)44(32-16-6-2-7-17-32)38-21-11-10-20-37(38)43(39)33-24-27-36(28-25-33)47-42-23-13-12-22-41(42)46-45(47)34-18-8-3-9-19-34/h1-30H. The van der Waals surface area contributed by atoms with Gasteiger partial charge in [0.05, 0.1) is 11.0 Å². The third kappa shape index (κ3) is 4.62. The molecule has 0 bridgehead atoms. The average molecular weight is 599 g/mol. The van der Waals surface area contributed by atoms with Gasteiger partial charge >= 0.3 is 0 Å². The number of fused-ring (bicyclic) bond motifs is 3. The summed E-state index contributed by atoms with van der Waals surface area (Å²) >= 11 is 0. The van der Waals surface area contributed by atoms with Crippen molar-refractivity contribution in [3.05, 3.63) is 182 Å². The molecule has 0 fully saturated rings. The van der Waals surface area contributed by atoms with E-state index in [0.29, 0.717) is 0 Å². The van der Waals surface area contributed by atoms with Gasteiger partial charge in [0.2, 0.25) is 0 Å². The molecule has 0 aliphatic heterocycles. The predicted octanol–water partition coefficient (Wildman–Crippen LogP) is 12.0. The van der Waals surface area contributed by atoms with E-state index in [2.05, 4.69) is 180 Å². The van der Waals surface area contributed by atoms with E-state index in [1.807, 2.05) is 6.07 Å². The van der Waals surface area contributed by atoms with Crippen LogP contribution in [-0.2, 0) is 0 Å². The lowest BCUT2D eigenvalue weighted by molar-refractivity contribution is 1.10. The summed E-state index contributed by atoms with van der Waals surface area (Å²) in [5.74, 6) is 0.941. The molecule has 2 heteroatoms. The van der Waals surface area contributed by atoms with Crippen molar-refractivity contribution in [1.29, 1.82) is 0 Å². The van der Waals surface area contributed by atoms with E-state index in [1.165, 1.54) is 54.9 Å². The Kier molecular flexibility index (Phi) is 6.50. The van der Waals surface area contributed by atoms with Gasteiger partial charge in [-0.25, -0.2) is 4.98 Å². The van der Waals surface area contributed by atoms with Gasteiger partial charge in [-0.15, -0.1) is 0 Å². The summed E-state index contributed by atoms with van der Waals surface area (Å²) in [6.07, 6.45) is 0. The molecule has 0 unspecified atom stereocenters. The van der Waals surface area contributed by atoms with Crippen LogP contribution in [0.25, 0.3) is 83.0 Å². The van der Waals surface area contributed by atoms with Gasteiger partial charge in [0, 0.05) is 11.3 Å². The summed E-state index contributed by atoms with van der Waals surface area (Å²) in [7, 11) is 0. The normalized spacial score (nSPS) is 11.4. The van der Waals surface area contributed by atoms with Gasteiger partial charge in [-0.1, -0.05) is 152 Å². The molecule has 1 aromatic heterocycles. The van der Waals surface area contributed by atoms with Crippen molar-refractivity contribution >= 4 is 32.6 Å². The largest absolute Gasteiger partial charge is 0.292 e. The zero-order valence-corrected chi connectivity index (χ0v) is 25.7. The van der Waals surface area contributed by atoms with Crippen molar-refractivity contribution in [2.75, 3.05) is 0 Å². The second-order valence-corrected chi connectivity index (χ2v) is 12.0. The van der Waals surface area contributed by atoms with Crippen LogP contribution in [0.4, 0.5) is 0 Å². The molecule has 9 aromatic rings. The molecule has 0 atom stereocenters. The topological polar surface area (TPSA) is 17.8 Å². The highest BCUT2D eigenvalue weighted by Gasteiger charge is 2.19. The Balaban J connectivity index is 1.28. The highest BCUT2D eigenvalue weighted by Crippen LogP contribution is 2.45. The predicted molar refractivity (Wildman–Crippen MR) is 198 cm³/mol. The molecule has 9 rings (SSSR count). The van der Waals surface area contributed by atoms with Crippen molar-refractivity contribution < 1.29 is 0 Å². The number of benzene rings is 8. The van der Waals surface area contributed by atoms with Gasteiger partial charge in [-0.05, 0) is 85.3 Å². The van der Waals surface area contributed by atoms with E-state index in [4.69, 9.17) is 4.98 Å². The van der Waals surface area contributed by atoms with Crippen LogP contribution in [0.3, 0.4) is 0 Å². The lowest BCUT2D eigenvalue weighted by Gasteiger charge is -2.19. The maximum absolute atomic E-state index is 5.06. The quantitative estimate of drug-likeness (QED) is 0.180. The molecule has 0 spiro atoms. The summed E-state index contributed by atoms with van der Waals surface area (Å²) in [6, 6.07) is 65.1. The van der Waals surface area contributed by atoms with Crippen molar-refractivity contribution in [3.63, 3.8) is 0 Å². The maximum Gasteiger partial charge on any atom is 0.145 e. The molecule has 0 N–H and O–H groups in total. The van der Waals surface area contributed by atoms with E-state index < -0.39 is 0 Å². The monoisotopic (exact) mass is 598 g/mol. The highest BCUT2D eigenvalue weighted by atomic mass is 15.1. The number of aromatic nitrogens is 2. The van der Waals surface area contributed by atoms with Crippen LogP contribution in [0.1, 0.15) is 0 Å². The van der Waals surface area contributed by atoms with Crippen LogP contribution < -0.4 is 0 Å². The molecule has 0 aliphatic carbocycles. The van der Waals surface area contributed by atoms with Crippen LogP contribution in [0.5, 0.6) is 0 Å². The van der Waals surface area contributed by atoms with Gasteiger partial charge in [0.15, 0.2) is 0 Å². The van der Waals surface area contributed by atoms with E-state index in [-0.39, 0.29) is 0 Å². The molecule has 2 nitrogen and oxygen atoms in total.